The van der Waals surface area contributed by atoms with E-state index in [9.17, 15) is 0 Å². The summed E-state index contributed by atoms with van der Waals surface area (Å²) < 4.78 is 0. The molecule has 0 saturated carbocycles. The lowest BCUT2D eigenvalue weighted by molar-refractivity contribution is 0.334. The molecule has 0 bridgehead atoms. The molecule has 1 nitrogen and oxygen atoms in total. The maximum absolute atomic E-state index is 6.00. The third-order valence-electron chi connectivity index (χ3n) is 4.14. The van der Waals surface area contributed by atoms with Crippen LogP contribution in [0, 0.1) is 5.41 Å². The summed E-state index contributed by atoms with van der Waals surface area (Å²) in [5.41, 5.74) is 11.7. The van der Waals surface area contributed by atoms with E-state index in [1.54, 1.807) is 0 Å². The van der Waals surface area contributed by atoms with Gasteiger partial charge < -0.3 is 5.73 Å². The van der Waals surface area contributed by atoms with Crippen molar-refractivity contribution in [1.82, 2.24) is 0 Å². The number of hydrogen-bond acceptors (Lipinski definition) is 1. The van der Waals surface area contributed by atoms with E-state index in [0.717, 1.165) is 0 Å². The molecule has 0 aliphatic heterocycles. The Morgan fingerprint density at radius 2 is 1.33 bits per heavy atom. The molecule has 18 heavy (non-hydrogen) atoms. The molecule has 2 N–H and O–H groups in total. The first-order valence-electron chi connectivity index (χ1n) is 6.53. The first-order chi connectivity index (χ1) is 8.65. The van der Waals surface area contributed by atoms with Gasteiger partial charge in [-0.2, -0.15) is 0 Å². The Kier molecular flexibility index (Phi) is 2.53. The molecule has 0 fully saturated rings. The van der Waals surface area contributed by atoms with Crippen LogP contribution in [0.4, 0.5) is 0 Å². The Morgan fingerprint density at radius 1 is 0.889 bits per heavy atom. The van der Waals surface area contributed by atoms with Crippen molar-refractivity contribution in [2.24, 2.45) is 11.1 Å². The molecule has 2 aromatic rings. The fourth-order valence-electron chi connectivity index (χ4n) is 3.12. The third kappa shape index (κ3) is 1.51. The second-order valence-corrected chi connectivity index (χ2v) is 5.80. The number of nitrogens with two attached hydrogens (primary N) is 1. The van der Waals surface area contributed by atoms with Crippen molar-refractivity contribution in [3.05, 3.63) is 59.7 Å². The Morgan fingerprint density at radius 3 is 1.78 bits per heavy atom. The summed E-state index contributed by atoms with van der Waals surface area (Å²) in [7, 11) is 0. The van der Waals surface area contributed by atoms with E-state index in [0.29, 0.717) is 12.5 Å². The van der Waals surface area contributed by atoms with E-state index in [1.807, 2.05) is 0 Å². The average Bonchev–Trinajstić information content (AvgIpc) is 2.74. The van der Waals surface area contributed by atoms with Gasteiger partial charge in [-0.25, -0.2) is 0 Å². The van der Waals surface area contributed by atoms with Gasteiger partial charge in [-0.05, 0) is 34.2 Å². The lowest BCUT2D eigenvalue weighted by Crippen LogP contribution is -2.30. The minimum absolute atomic E-state index is 0.0860. The van der Waals surface area contributed by atoms with E-state index in [4.69, 9.17) is 5.73 Å². The molecule has 0 heterocycles. The molecule has 0 unspecified atom stereocenters. The molecule has 92 valence electrons. The molecule has 0 atom stereocenters. The van der Waals surface area contributed by atoms with Gasteiger partial charge in [-0.15, -0.1) is 0 Å². The van der Waals surface area contributed by atoms with Gasteiger partial charge in [0.25, 0.3) is 0 Å². The van der Waals surface area contributed by atoms with Gasteiger partial charge in [-0.3, -0.25) is 0 Å². The lowest BCUT2D eigenvalue weighted by atomic mass is 9.73. The zero-order chi connectivity index (χ0) is 12.8. The van der Waals surface area contributed by atoms with Crippen LogP contribution in [0.2, 0.25) is 0 Å². The predicted molar refractivity (Wildman–Crippen MR) is 76.6 cm³/mol. The van der Waals surface area contributed by atoms with Gasteiger partial charge in [0.1, 0.15) is 0 Å². The monoisotopic (exact) mass is 237 g/mol. The maximum atomic E-state index is 6.00. The highest BCUT2D eigenvalue weighted by molar-refractivity contribution is 5.79. The predicted octanol–water partition coefficient (Wildman–Crippen LogP) is 3.78. The SMILES string of the molecule is CC(C)(CN)C1c2ccccc2-c2ccccc21. The summed E-state index contributed by atoms with van der Waals surface area (Å²) in [5, 5.41) is 0. The Balaban J connectivity index is 2.27. The summed E-state index contributed by atoms with van der Waals surface area (Å²) in [4.78, 5) is 0. The van der Waals surface area contributed by atoms with Crippen LogP contribution in [0.25, 0.3) is 11.1 Å². The second kappa shape index (κ2) is 3.96. The zero-order valence-corrected chi connectivity index (χ0v) is 11.0. The van der Waals surface area contributed by atoms with Gasteiger partial charge in [-0.1, -0.05) is 62.4 Å². The van der Waals surface area contributed by atoms with Crippen molar-refractivity contribution in [1.29, 1.82) is 0 Å². The first-order valence-corrected chi connectivity index (χ1v) is 6.53. The summed E-state index contributed by atoms with van der Waals surface area (Å²) >= 11 is 0. The Labute approximate surface area is 109 Å². The largest absolute Gasteiger partial charge is 0.330 e. The highest BCUT2D eigenvalue weighted by Crippen LogP contribution is 2.51. The molecule has 1 heteroatoms. The molecular weight excluding hydrogens is 218 g/mol. The summed E-state index contributed by atoms with van der Waals surface area (Å²) in [5.74, 6) is 0.412. The maximum Gasteiger partial charge on any atom is 0.0165 e. The zero-order valence-electron chi connectivity index (χ0n) is 11.0. The van der Waals surface area contributed by atoms with Crippen molar-refractivity contribution < 1.29 is 0 Å². The molecule has 0 radical (unpaired) electrons. The fraction of sp³-hybridized carbons (Fsp3) is 0.294. The van der Waals surface area contributed by atoms with Crippen LogP contribution in [-0.2, 0) is 0 Å². The molecule has 2 aromatic carbocycles. The summed E-state index contributed by atoms with van der Waals surface area (Å²) in [6, 6.07) is 17.4. The fourth-order valence-corrected chi connectivity index (χ4v) is 3.12. The van der Waals surface area contributed by atoms with Crippen molar-refractivity contribution >= 4 is 0 Å². The number of fused-ring (bicyclic) bond motifs is 3. The van der Waals surface area contributed by atoms with Crippen molar-refractivity contribution in [3.63, 3.8) is 0 Å². The molecule has 1 aliphatic carbocycles. The van der Waals surface area contributed by atoms with Crippen LogP contribution in [0.5, 0.6) is 0 Å². The van der Waals surface area contributed by atoms with E-state index in [-0.39, 0.29) is 5.41 Å². The standard InChI is InChI=1S/C17H19N/c1-17(2,11-18)16-14-9-5-3-7-12(14)13-8-4-6-10-15(13)16/h3-10,16H,11,18H2,1-2H3. The molecule has 3 rings (SSSR count). The molecular formula is C17H19N. The van der Waals surface area contributed by atoms with E-state index < -0.39 is 0 Å². The van der Waals surface area contributed by atoms with Crippen molar-refractivity contribution in [3.8, 4) is 11.1 Å². The van der Waals surface area contributed by atoms with Gasteiger partial charge in [0.15, 0.2) is 0 Å². The average molecular weight is 237 g/mol. The molecule has 0 amide bonds. The lowest BCUT2D eigenvalue weighted by Gasteiger charge is -2.31. The summed E-state index contributed by atoms with van der Waals surface area (Å²) in [6.45, 7) is 5.22. The Bertz CT molecular complexity index is 538. The van der Waals surface area contributed by atoms with E-state index >= 15 is 0 Å². The van der Waals surface area contributed by atoms with Crippen molar-refractivity contribution in [2.45, 2.75) is 19.8 Å². The van der Waals surface area contributed by atoms with E-state index in [2.05, 4.69) is 62.4 Å². The quantitative estimate of drug-likeness (QED) is 0.845. The minimum Gasteiger partial charge on any atom is -0.330 e. The first kappa shape index (κ1) is 11.5. The molecule has 0 saturated heterocycles. The topological polar surface area (TPSA) is 26.0 Å². The van der Waals surface area contributed by atoms with E-state index in [1.165, 1.54) is 22.3 Å². The normalized spacial score (nSPS) is 14.4. The van der Waals surface area contributed by atoms with Crippen LogP contribution < -0.4 is 5.73 Å². The highest BCUT2D eigenvalue weighted by Gasteiger charge is 2.37. The van der Waals surface area contributed by atoms with Crippen LogP contribution >= 0.6 is 0 Å². The molecule has 0 spiro atoms. The van der Waals surface area contributed by atoms with Gasteiger partial charge in [0, 0.05) is 5.92 Å². The van der Waals surface area contributed by atoms with Crippen LogP contribution in [-0.4, -0.2) is 6.54 Å². The Hall–Kier alpha value is -1.60. The highest BCUT2D eigenvalue weighted by atomic mass is 14.6. The van der Waals surface area contributed by atoms with Crippen LogP contribution in [0.1, 0.15) is 30.9 Å². The number of hydrogen-bond donors (Lipinski definition) is 1. The second-order valence-electron chi connectivity index (χ2n) is 5.80. The number of benzene rings is 2. The molecule has 1 aliphatic rings. The smallest absolute Gasteiger partial charge is 0.0165 e. The minimum atomic E-state index is 0.0860. The number of rotatable bonds is 2. The van der Waals surface area contributed by atoms with Gasteiger partial charge in [0.2, 0.25) is 0 Å². The van der Waals surface area contributed by atoms with Crippen LogP contribution in [0.3, 0.4) is 0 Å². The van der Waals surface area contributed by atoms with Gasteiger partial charge in [0.05, 0.1) is 0 Å². The van der Waals surface area contributed by atoms with Gasteiger partial charge >= 0.3 is 0 Å². The molecule has 0 aromatic heterocycles. The third-order valence-corrected chi connectivity index (χ3v) is 4.14. The van der Waals surface area contributed by atoms with Crippen molar-refractivity contribution in [2.75, 3.05) is 6.54 Å². The summed E-state index contributed by atoms with van der Waals surface area (Å²) in [6.07, 6.45) is 0. The van der Waals surface area contributed by atoms with Crippen LogP contribution in [0.15, 0.2) is 48.5 Å².